The van der Waals surface area contributed by atoms with Gasteiger partial charge in [-0.2, -0.15) is 5.26 Å². The van der Waals surface area contributed by atoms with Crippen LogP contribution in [0.4, 0.5) is 0 Å². The quantitative estimate of drug-likeness (QED) is 0.769. The predicted molar refractivity (Wildman–Crippen MR) is 78.9 cm³/mol. The van der Waals surface area contributed by atoms with E-state index in [-0.39, 0.29) is 1.43 Å². The Hall–Kier alpha value is -0.550. The Morgan fingerprint density at radius 2 is 1.35 bits per heavy atom. The number of nitriles is 1. The number of aliphatic hydroxyl groups is 1. The minimum Gasteiger partial charge on any atom is -0.396 e. The molecular formula is C15H35NO. The lowest BCUT2D eigenvalue weighted by Crippen LogP contribution is -1.90. The van der Waals surface area contributed by atoms with Crippen LogP contribution >= 0.6 is 0 Å². The standard InChI is InChI=1S/C6H11N.C5H12.C4H10O.H2/c1-6(2)4-3-5-7;1-4-5(2)3;1-4(2)3-5;/h6H,3-4H2,1-2H3;5H,4H2,1-3H3;4-5H,3H2,1-2H3;1H/i;;;1+2. The van der Waals surface area contributed by atoms with Gasteiger partial charge in [0.15, 0.2) is 0 Å². The number of nitrogens with zero attached hydrogens (tertiary/aromatic N) is 1. The summed E-state index contributed by atoms with van der Waals surface area (Å²) in [6.45, 7) is 15.1. The zero-order valence-corrected chi connectivity index (χ0v) is 13.0. The van der Waals surface area contributed by atoms with Crippen molar-refractivity contribution in [2.45, 2.75) is 67.7 Å². The maximum atomic E-state index is 8.14. The first-order chi connectivity index (χ1) is 7.81. The van der Waals surface area contributed by atoms with Crippen molar-refractivity contribution in [2.24, 2.45) is 17.8 Å². The normalized spacial score (nSPS) is 9.29. The van der Waals surface area contributed by atoms with E-state index < -0.39 is 0 Å². The van der Waals surface area contributed by atoms with E-state index in [0.717, 1.165) is 12.3 Å². The van der Waals surface area contributed by atoms with Crippen LogP contribution in [0.2, 0.25) is 0 Å². The molecule has 0 saturated heterocycles. The van der Waals surface area contributed by atoms with Gasteiger partial charge < -0.3 is 5.11 Å². The minimum absolute atomic E-state index is 0. The van der Waals surface area contributed by atoms with Gasteiger partial charge in [-0.3, -0.25) is 0 Å². The van der Waals surface area contributed by atoms with E-state index in [4.69, 9.17) is 10.4 Å². The lowest BCUT2D eigenvalue weighted by atomic mass is 10.1. The number of rotatable bonds is 4. The average molecular weight is 247 g/mol. The van der Waals surface area contributed by atoms with Crippen molar-refractivity contribution in [1.29, 1.82) is 5.26 Å². The fraction of sp³-hybridized carbons (Fsp3) is 0.933. The van der Waals surface area contributed by atoms with Crippen LogP contribution in [0, 0.1) is 29.1 Å². The largest absolute Gasteiger partial charge is 0.396 e. The molecule has 17 heavy (non-hydrogen) atoms. The topological polar surface area (TPSA) is 44.0 Å². The van der Waals surface area contributed by atoms with E-state index >= 15 is 0 Å². The molecule has 1 N–H and O–H groups in total. The second-order valence-electron chi connectivity index (χ2n) is 5.47. The molecule has 0 aromatic carbocycles. The summed E-state index contributed by atoms with van der Waals surface area (Å²) in [6.07, 6.45) is 3.05. The molecule has 2 heteroatoms. The fourth-order valence-corrected chi connectivity index (χ4v) is 0.353. The molecule has 0 fully saturated rings. The molecular weight excluding hydrogens is 210 g/mol. The van der Waals surface area contributed by atoms with Gasteiger partial charge in [0, 0.05) is 14.5 Å². The van der Waals surface area contributed by atoms with Gasteiger partial charge in [-0.15, -0.1) is 0 Å². The summed E-state index contributed by atoms with van der Waals surface area (Å²) in [5, 5.41) is 16.2. The highest BCUT2D eigenvalue weighted by atomic mass is 16.3. The van der Waals surface area contributed by atoms with Gasteiger partial charge in [0.05, 0.1) is 6.07 Å². The Balaban J connectivity index is -0.0000000813. The molecule has 0 atom stereocenters. The zero-order chi connectivity index (χ0) is 14.3. The van der Waals surface area contributed by atoms with Gasteiger partial charge in [-0.05, 0) is 24.2 Å². The van der Waals surface area contributed by atoms with Crippen LogP contribution in [-0.2, 0) is 0 Å². The molecule has 0 aliphatic rings. The molecule has 0 spiro atoms. The van der Waals surface area contributed by atoms with Crippen LogP contribution in [0.1, 0.15) is 69.2 Å². The van der Waals surface area contributed by atoms with Crippen molar-refractivity contribution in [3.05, 3.63) is 0 Å². The molecule has 0 aliphatic carbocycles. The Bertz CT molecular complexity index is 154. The van der Waals surface area contributed by atoms with Crippen LogP contribution in [-0.4, -0.2) is 11.7 Å². The van der Waals surface area contributed by atoms with Crippen LogP contribution < -0.4 is 0 Å². The highest BCUT2D eigenvalue weighted by molar-refractivity contribution is 4.68. The first-order valence-electron chi connectivity index (χ1n) is 6.79. The maximum absolute atomic E-state index is 8.14. The predicted octanol–water partition coefficient (Wildman–Crippen LogP) is 4.88. The van der Waals surface area contributed by atoms with Gasteiger partial charge in [0.25, 0.3) is 0 Å². The Labute approximate surface area is 111 Å². The molecule has 0 heterocycles. The second kappa shape index (κ2) is 17.8. The molecule has 106 valence electrons. The lowest BCUT2D eigenvalue weighted by Gasteiger charge is -1.94. The lowest BCUT2D eigenvalue weighted by molar-refractivity contribution is 0.248. The van der Waals surface area contributed by atoms with E-state index in [1.165, 1.54) is 6.42 Å². The number of hydrogen-bond donors (Lipinski definition) is 1. The Morgan fingerprint density at radius 1 is 1.00 bits per heavy atom. The highest BCUT2D eigenvalue weighted by Crippen LogP contribution is 2.00. The van der Waals surface area contributed by atoms with Crippen molar-refractivity contribution < 1.29 is 6.53 Å². The third kappa shape index (κ3) is 50.4. The molecule has 0 unspecified atom stereocenters. The smallest absolute Gasteiger partial charge is 0.0621 e. The van der Waals surface area contributed by atoms with Crippen molar-refractivity contribution in [3.8, 4) is 6.07 Å². The van der Waals surface area contributed by atoms with Crippen LogP contribution in [0.5, 0.6) is 0 Å². The van der Waals surface area contributed by atoms with E-state index in [0.29, 0.717) is 24.9 Å². The molecule has 0 bridgehead atoms. The van der Waals surface area contributed by atoms with Crippen LogP contribution in [0.25, 0.3) is 0 Å². The van der Waals surface area contributed by atoms with E-state index in [1.807, 2.05) is 13.8 Å². The van der Waals surface area contributed by atoms with Gasteiger partial charge in [0.2, 0.25) is 0 Å². The van der Waals surface area contributed by atoms with Gasteiger partial charge >= 0.3 is 0 Å². The highest BCUT2D eigenvalue weighted by Gasteiger charge is 1.88. The van der Waals surface area contributed by atoms with Crippen molar-refractivity contribution in [3.63, 3.8) is 0 Å². The molecule has 0 aromatic heterocycles. The van der Waals surface area contributed by atoms with Crippen molar-refractivity contribution >= 4 is 0 Å². The summed E-state index contributed by atoms with van der Waals surface area (Å²) in [7, 11) is 0. The maximum Gasteiger partial charge on any atom is 0.0621 e. The van der Waals surface area contributed by atoms with Gasteiger partial charge in [-0.25, -0.2) is 0 Å². The molecule has 0 aliphatic heterocycles. The Kier molecular flexibility index (Phi) is 22.8. The summed E-state index contributed by atoms with van der Waals surface area (Å²) >= 11 is 0. The molecule has 2 nitrogen and oxygen atoms in total. The minimum atomic E-state index is 0. The Morgan fingerprint density at radius 3 is 1.41 bits per heavy atom. The second-order valence-corrected chi connectivity index (χ2v) is 5.47. The number of hydrogen-bond acceptors (Lipinski definition) is 2. The molecule has 0 radical (unpaired) electrons. The zero-order valence-electron chi connectivity index (χ0n) is 13.0. The summed E-state index contributed by atoms with van der Waals surface area (Å²) in [4.78, 5) is 0. The summed E-state index contributed by atoms with van der Waals surface area (Å²) in [5.41, 5.74) is 0. The van der Waals surface area contributed by atoms with Gasteiger partial charge in [-0.1, -0.05) is 54.9 Å². The fourth-order valence-electron chi connectivity index (χ4n) is 0.353. The van der Waals surface area contributed by atoms with Crippen molar-refractivity contribution in [1.82, 2.24) is 0 Å². The summed E-state index contributed by atoms with van der Waals surface area (Å²) in [5.74, 6) is 2.00. The molecule has 0 amide bonds. The van der Waals surface area contributed by atoms with E-state index in [1.54, 1.807) is 0 Å². The monoisotopic (exact) mass is 247 g/mol. The van der Waals surface area contributed by atoms with Crippen LogP contribution in [0.3, 0.4) is 0 Å². The third-order valence-electron chi connectivity index (χ3n) is 2.02. The first-order valence-corrected chi connectivity index (χ1v) is 6.79. The van der Waals surface area contributed by atoms with Gasteiger partial charge in [0.1, 0.15) is 0 Å². The van der Waals surface area contributed by atoms with E-state index in [2.05, 4.69) is 40.7 Å². The third-order valence-corrected chi connectivity index (χ3v) is 2.02. The SMILES string of the molecule is CC(C)CCC#N.CC(C)CO.CCC(C)C.[3HH]. The average Bonchev–Trinajstić information content (AvgIpc) is 2.27. The van der Waals surface area contributed by atoms with E-state index in [9.17, 15) is 0 Å². The van der Waals surface area contributed by atoms with Crippen LogP contribution in [0.15, 0.2) is 0 Å². The molecule has 0 rings (SSSR count). The molecule has 0 saturated carbocycles. The molecule has 0 aromatic rings. The number of aliphatic hydroxyl groups excluding tert-OH is 1. The summed E-state index contributed by atoms with van der Waals surface area (Å²) in [6, 6.07) is 2.10. The first kappa shape index (κ1) is 21.7. The summed E-state index contributed by atoms with van der Waals surface area (Å²) < 4.78 is 0. The van der Waals surface area contributed by atoms with Crippen molar-refractivity contribution in [2.75, 3.05) is 6.61 Å².